The molecule has 0 heterocycles. The summed E-state index contributed by atoms with van der Waals surface area (Å²) in [7, 11) is 0. The van der Waals surface area contributed by atoms with Crippen molar-refractivity contribution in [3.63, 3.8) is 0 Å². The quantitative estimate of drug-likeness (QED) is 0.530. The van der Waals surface area contributed by atoms with Gasteiger partial charge in [-0.3, -0.25) is 10.1 Å². The van der Waals surface area contributed by atoms with Crippen molar-refractivity contribution >= 4 is 11.4 Å². The molecule has 0 fully saturated rings. The Kier molecular flexibility index (Phi) is 3.79. The first-order valence-electron chi connectivity index (χ1n) is 5.59. The predicted octanol–water partition coefficient (Wildman–Crippen LogP) is 3.03. The van der Waals surface area contributed by atoms with Crippen LogP contribution in [0.5, 0.6) is 5.75 Å². The Morgan fingerprint density at radius 3 is 2.60 bits per heavy atom. The summed E-state index contributed by atoms with van der Waals surface area (Å²) in [4.78, 5) is 10.1. The lowest BCUT2D eigenvalue weighted by molar-refractivity contribution is -0.384. The van der Waals surface area contributed by atoms with Crippen LogP contribution in [0.15, 0.2) is 36.4 Å². The molecule has 0 spiro atoms. The van der Waals surface area contributed by atoms with Crippen molar-refractivity contribution in [2.75, 3.05) is 5.73 Å². The third-order valence-electron chi connectivity index (χ3n) is 2.67. The van der Waals surface area contributed by atoms with E-state index in [1.165, 1.54) is 30.3 Å². The number of nitrogens with two attached hydrogens (primary N) is 1. The molecule has 2 aromatic rings. The van der Waals surface area contributed by atoms with Crippen LogP contribution in [0.1, 0.15) is 5.56 Å². The summed E-state index contributed by atoms with van der Waals surface area (Å²) < 4.78 is 31.5. The van der Waals surface area contributed by atoms with Gasteiger partial charge in [-0.2, -0.15) is 4.39 Å². The number of anilines is 1. The molecule has 0 saturated heterocycles. The van der Waals surface area contributed by atoms with E-state index in [4.69, 9.17) is 10.5 Å². The number of nitro groups is 1. The maximum absolute atomic E-state index is 13.4. The first kappa shape index (κ1) is 13.7. The molecule has 0 aliphatic carbocycles. The Morgan fingerprint density at radius 1 is 1.20 bits per heavy atom. The van der Waals surface area contributed by atoms with Crippen molar-refractivity contribution in [2.45, 2.75) is 6.61 Å². The van der Waals surface area contributed by atoms with Gasteiger partial charge in [0.15, 0.2) is 11.6 Å². The highest BCUT2D eigenvalue weighted by atomic mass is 19.2. The molecular weight excluding hydrogens is 270 g/mol. The standard InChI is InChI=1S/C13H10F2N2O3/c14-9-4-2-6-11(12(9)15)20-7-8-3-1-5-10(13(8)16)17(18)19/h1-6H,7,16H2. The zero-order chi connectivity index (χ0) is 14.7. The molecule has 0 amide bonds. The number of hydrogen-bond donors (Lipinski definition) is 1. The number of para-hydroxylation sites is 1. The fourth-order valence-electron chi connectivity index (χ4n) is 1.64. The predicted molar refractivity (Wildman–Crippen MR) is 68.2 cm³/mol. The average molecular weight is 280 g/mol. The third kappa shape index (κ3) is 2.66. The summed E-state index contributed by atoms with van der Waals surface area (Å²) in [6.45, 7) is -0.201. The van der Waals surface area contributed by atoms with Crippen LogP contribution in [-0.2, 0) is 6.61 Å². The van der Waals surface area contributed by atoms with Crippen molar-refractivity contribution in [2.24, 2.45) is 0 Å². The second-order valence-electron chi connectivity index (χ2n) is 3.95. The summed E-state index contributed by atoms with van der Waals surface area (Å²) in [5.74, 6) is -2.43. The van der Waals surface area contributed by atoms with Crippen molar-refractivity contribution in [3.05, 3.63) is 63.7 Å². The molecule has 0 bridgehead atoms. The Labute approximate surface area is 112 Å². The van der Waals surface area contributed by atoms with Gasteiger partial charge in [-0.05, 0) is 12.1 Å². The first-order valence-corrected chi connectivity index (χ1v) is 5.59. The molecule has 104 valence electrons. The lowest BCUT2D eigenvalue weighted by atomic mass is 10.1. The van der Waals surface area contributed by atoms with E-state index in [2.05, 4.69) is 0 Å². The van der Waals surface area contributed by atoms with E-state index < -0.39 is 16.6 Å². The van der Waals surface area contributed by atoms with Crippen LogP contribution in [0, 0.1) is 21.7 Å². The highest BCUT2D eigenvalue weighted by Crippen LogP contribution is 2.27. The molecule has 2 aromatic carbocycles. The van der Waals surface area contributed by atoms with E-state index in [0.717, 1.165) is 6.07 Å². The topological polar surface area (TPSA) is 78.4 Å². The van der Waals surface area contributed by atoms with Gasteiger partial charge in [-0.25, -0.2) is 4.39 Å². The van der Waals surface area contributed by atoms with E-state index in [9.17, 15) is 18.9 Å². The maximum atomic E-state index is 13.4. The van der Waals surface area contributed by atoms with Gasteiger partial charge in [0.05, 0.1) is 4.92 Å². The SMILES string of the molecule is Nc1c(COc2cccc(F)c2F)cccc1[N+](=O)[O-]. The van der Waals surface area contributed by atoms with E-state index in [0.29, 0.717) is 5.56 Å². The first-order chi connectivity index (χ1) is 9.50. The minimum Gasteiger partial charge on any atom is -0.486 e. The summed E-state index contributed by atoms with van der Waals surface area (Å²) in [6.07, 6.45) is 0. The molecule has 0 radical (unpaired) electrons. The molecule has 2 N–H and O–H groups in total. The highest BCUT2D eigenvalue weighted by molar-refractivity contribution is 5.62. The van der Waals surface area contributed by atoms with Crippen molar-refractivity contribution in [1.29, 1.82) is 0 Å². The largest absolute Gasteiger partial charge is 0.486 e. The molecule has 5 nitrogen and oxygen atoms in total. The summed E-state index contributed by atoms with van der Waals surface area (Å²) in [5, 5.41) is 10.7. The minimum absolute atomic E-state index is 0.0608. The Balaban J connectivity index is 2.21. The zero-order valence-electron chi connectivity index (χ0n) is 10.2. The minimum atomic E-state index is -1.11. The van der Waals surface area contributed by atoms with Crippen LogP contribution < -0.4 is 10.5 Å². The third-order valence-corrected chi connectivity index (χ3v) is 2.67. The number of nitro benzene ring substituents is 1. The highest BCUT2D eigenvalue weighted by Gasteiger charge is 2.15. The molecule has 0 saturated carbocycles. The fraction of sp³-hybridized carbons (Fsp3) is 0.0769. The molecule has 7 heteroatoms. The van der Waals surface area contributed by atoms with Crippen LogP contribution in [-0.4, -0.2) is 4.92 Å². The second-order valence-corrected chi connectivity index (χ2v) is 3.95. The normalized spacial score (nSPS) is 10.3. The van der Waals surface area contributed by atoms with Crippen LogP contribution >= 0.6 is 0 Å². The van der Waals surface area contributed by atoms with Crippen LogP contribution in [0.3, 0.4) is 0 Å². The van der Waals surface area contributed by atoms with Crippen LogP contribution in [0.4, 0.5) is 20.2 Å². The van der Waals surface area contributed by atoms with Crippen molar-refractivity contribution in [3.8, 4) is 5.75 Å². The Bertz CT molecular complexity index is 662. The van der Waals surface area contributed by atoms with Gasteiger partial charge in [-0.1, -0.05) is 18.2 Å². The van der Waals surface area contributed by atoms with Gasteiger partial charge in [0, 0.05) is 11.6 Å². The number of ether oxygens (including phenoxy) is 1. The van der Waals surface area contributed by atoms with E-state index in [1.54, 1.807) is 0 Å². The summed E-state index contributed by atoms with van der Waals surface area (Å²) in [5.41, 5.74) is 5.63. The average Bonchev–Trinajstić information content (AvgIpc) is 2.41. The van der Waals surface area contributed by atoms with Gasteiger partial charge >= 0.3 is 0 Å². The molecule has 20 heavy (non-hydrogen) atoms. The lowest BCUT2D eigenvalue weighted by Gasteiger charge is -2.09. The zero-order valence-corrected chi connectivity index (χ0v) is 10.2. The lowest BCUT2D eigenvalue weighted by Crippen LogP contribution is -2.04. The molecule has 0 unspecified atom stereocenters. The van der Waals surface area contributed by atoms with Crippen LogP contribution in [0.2, 0.25) is 0 Å². The van der Waals surface area contributed by atoms with E-state index >= 15 is 0 Å². The number of hydrogen-bond acceptors (Lipinski definition) is 4. The number of halogens is 2. The Hall–Kier alpha value is -2.70. The summed E-state index contributed by atoms with van der Waals surface area (Å²) >= 11 is 0. The van der Waals surface area contributed by atoms with E-state index in [-0.39, 0.29) is 23.7 Å². The Morgan fingerprint density at radius 2 is 1.90 bits per heavy atom. The maximum Gasteiger partial charge on any atom is 0.292 e. The monoisotopic (exact) mass is 280 g/mol. The fourth-order valence-corrected chi connectivity index (χ4v) is 1.64. The van der Waals surface area contributed by atoms with Gasteiger partial charge in [0.1, 0.15) is 12.3 Å². The van der Waals surface area contributed by atoms with Gasteiger partial charge in [0.2, 0.25) is 5.82 Å². The number of rotatable bonds is 4. The smallest absolute Gasteiger partial charge is 0.292 e. The second kappa shape index (κ2) is 5.52. The molecule has 2 rings (SSSR count). The van der Waals surface area contributed by atoms with Gasteiger partial charge in [-0.15, -0.1) is 0 Å². The summed E-state index contributed by atoms with van der Waals surface area (Å²) in [6, 6.07) is 7.72. The van der Waals surface area contributed by atoms with Gasteiger partial charge < -0.3 is 10.5 Å². The molecular formula is C13H10F2N2O3. The number of nitrogens with zero attached hydrogens (tertiary/aromatic N) is 1. The molecule has 0 aliphatic heterocycles. The molecule has 0 atom stereocenters. The van der Waals surface area contributed by atoms with Crippen LogP contribution in [0.25, 0.3) is 0 Å². The number of nitrogen functional groups attached to an aromatic ring is 1. The molecule has 0 aliphatic rings. The van der Waals surface area contributed by atoms with Gasteiger partial charge in [0.25, 0.3) is 5.69 Å². The van der Waals surface area contributed by atoms with Crippen molar-refractivity contribution < 1.29 is 18.4 Å². The number of benzene rings is 2. The van der Waals surface area contributed by atoms with Crippen molar-refractivity contribution in [1.82, 2.24) is 0 Å². The van der Waals surface area contributed by atoms with E-state index in [1.807, 2.05) is 0 Å². The molecule has 0 aromatic heterocycles.